The standard InChI is InChI=1S/C23H27BrN2O7S/c1-4-31-20-10-7-18(24)11-21(20)34(29,30)25-19-8-5-17(6-9-19)23(28)32-14-22(27)26-12-15(2)33-16(3)13-26/h5-11,15-16,25H,4,12-14H2,1-3H3/t15-,16+. The number of hydrogen-bond acceptors (Lipinski definition) is 7. The molecule has 1 fully saturated rings. The van der Waals surface area contributed by atoms with Crippen LogP contribution in [0.4, 0.5) is 5.69 Å². The van der Waals surface area contributed by atoms with E-state index in [1.807, 2.05) is 13.8 Å². The molecule has 0 unspecified atom stereocenters. The van der Waals surface area contributed by atoms with E-state index in [1.54, 1.807) is 24.0 Å². The summed E-state index contributed by atoms with van der Waals surface area (Å²) in [6.07, 6.45) is -0.164. The van der Waals surface area contributed by atoms with E-state index in [9.17, 15) is 18.0 Å². The topological polar surface area (TPSA) is 111 Å². The molecule has 0 aromatic heterocycles. The van der Waals surface area contributed by atoms with Crippen LogP contribution < -0.4 is 9.46 Å². The number of amides is 1. The average molecular weight is 555 g/mol. The number of morpholine rings is 1. The molecule has 2 aromatic rings. The summed E-state index contributed by atoms with van der Waals surface area (Å²) >= 11 is 3.27. The first kappa shape index (κ1) is 26.0. The summed E-state index contributed by atoms with van der Waals surface area (Å²) in [6, 6.07) is 10.4. The van der Waals surface area contributed by atoms with Gasteiger partial charge in [0.2, 0.25) is 0 Å². The predicted molar refractivity (Wildman–Crippen MR) is 129 cm³/mol. The van der Waals surface area contributed by atoms with Crippen LogP contribution in [0.1, 0.15) is 31.1 Å². The van der Waals surface area contributed by atoms with Crippen LogP contribution in [0, 0.1) is 0 Å². The number of rotatable bonds is 8. The van der Waals surface area contributed by atoms with E-state index < -0.39 is 16.0 Å². The van der Waals surface area contributed by atoms with Gasteiger partial charge >= 0.3 is 5.97 Å². The molecule has 0 saturated carbocycles. The highest BCUT2D eigenvalue weighted by atomic mass is 79.9. The first-order valence-corrected chi connectivity index (χ1v) is 13.0. The van der Waals surface area contributed by atoms with Crippen molar-refractivity contribution in [3.8, 4) is 5.75 Å². The zero-order valence-electron chi connectivity index (χ0n) is 19.1. The fourth-order valence-corrected chi connectivity index (χ4v) is 5.28. The number of esters is 1. The Balaban J connectivity index is 1.62. The fraction of sp³-hybridized carbons (Fsp3) is 0.391. The Morgan fingerprint density at radius 1 is 1.12 bits per heavy atom. The minimum Gasteiger partial charge on any atom is -0.492 e. The Morgan fingerprint density at radius 2 is 1.76 bits per heavy atom. The van der Waals surface area contributed by atoms with Gasteiger partial charge in [-0.05, 0) is 63.2 Å². The summed E-state index contributed by atoms with van der Waals surface area (Å²) < 4.78 is 45.0. The summed E-state index contributed by atoms with van der Waals surface area (Å²) in [7, 11) is -3.95. The minimum absolute atomic E-state index is 0.0162. The molecule has 34 heavy (non-hydrogen) atoms. The lowest BCUT2D eigenvalue weighted by Crippen LogP contribution is -2.49. The summed E-state index contributed by atoms with van der Waals surface area (Å²) in [6.45, 7) is 6.34. The van der Waals surface area contributed by atoms with Crippen LogP contribution in [-0.4, -0.2) is 63.7 Å². The van der Waals surface area contributed by atoms with Crippen LogP contribution in [0.5, 0.6) is 5.75 Å². The van der Waals surface area contributed by atoms with Gasteiger partial charge in [0.1, 0.15) is 10.6 Å². The number of carbonyl (C=O) groups excluding carboxylic acids is 2. The normalized spacial score (nSPS) is 18.3. The van der Waals surface area contributed by atoms with Gasteiger partial charge in [0, 0.05) is 23.2 Å². The van der Waals surface area contributed by atoms with Crippen LogP contribution in [0.25, 0.3) is 0 Å². The third kappa shape index (κ3) is 6.71. The van der Waals surface area contributed by atoms with E-state index in [-0.39, 0.29) is 46.6 Å². The molecule has 2 aromatic carbocycles. The molecule has 1 N–H and O–H groups in total. The van der Waals surface area contributed by atoms with Gasteiger partial charge in [0.25, 0.3) is 15.9 Å². The van der Waals surface area contributed by atoms with Crippen molar-refractivity contribution in [2.45, 2.75) is 37.9 Å². The number of sulfonamides is 1. The van der Waals surface area contributed by atoms with Gasteiger partial charge in [0.05, 0.1) is 24.4 Å². The van der Waals surface area contributed by atoms with Crippen LogP contribution in [0.3, 0.4) is 0 Å². The van der Waals surface area contributed by atoms with Crippen molar-refractivity contribution < 1.29 is 32.2 Å². The maximum absolute atomic E-state index is 12.9. The second-order valence-corrected chi connectivity index (χ2v) is 10.4. The maximum atomic E-state index is 12.9. The Kier molecular flexibility index (Phi) is 8.56. The molecule has 0 aliphatic carbocycles. The first-order valence-electron chi connectivity index (χ1n) is 10.7. The molecule has 0 bridgehead atoms. The molecule has 1 heterocycles. The van der Waals surface area contributed by atoms with Crippen molar-refractivity contribution in [1.82, 2.24) is 4.90 Å². The number of halogens is 1. The number of carbonyl (C=O) groups is 2. The van der Waals surface area contributed by atoms with Gasteiger partial charge in [-0.3, -0.25) is 9.52 Å². The molecule has 0 radical (unpaired) electrons. The number of nitrogens with zero attached hydrogens (tertiary/aromatic N) is 1. The third-order valence-electron chi connectivity index (χ3n) is 4.97. The van der Waals surface area contributed by atoms with E-state index in [0.717, 1.165) is 0 Å². The highest BCUT2D eigenvalue weighted by Crippen LogP contribution is 2.29. The Hall–Kier alpha value is -2.63. The third-order valence-corrected chi connectivity index (χ3v) is 6.86. The summed E-state index contributed by atoms with van der Waals surface area (Å²) in [5.74, 6) is -0.742. The molecule has 11 heteroatoms. The monoisotopic (exact) mass is 554 g/mol. The molecule has 184 valence electrons. The molecule has 0 spiro atoms. The molecule has 1 amide bonds. The quantitative estimate of drug-likeness (QED) is 0.497. The summed E-state index contributed by atoms with van der Waals surface area (Å²) in [5.41, 5.74) is 0.447. The number of nitrogens with one attached hydrogen (secondary N) is 1. The second-order valence-electron chi connectivity index (χ2n) is 7.84. The van der Waals surface area contributed by atoms with E-state index in [1.165, 1.54) is 30.3 Å². The van der Waals surface area contributed by atoms with Gasteiger partial charge in [-0.1, -0.05) is 15.9 Å². The molecule has 1 saturated heterocycles. The number of ether oxygens (including phenoxy) is 3. The van der Waals surface area contributed by atoms with Crippen LogP contribution in [0.2, 0.25) is 0 Å². The zero-order chi connectivity index (χ0) is 24.9. The van der Waals surface area contributed by atoms with Crippen LogP contribution >= 0.6 is 15.9 Å². The maximum Gasteiger partial charge on any atom is 0.338 e. The zero-order valence-corrected chi connectivity index (χ0v) is 21.5. The number of anilines is 1. The molecule has 1 aliphatic heterocycles. The average Bonchev–Trinajstić information content (AvgIpc) is 2.78. The molecular formula is C23H27BrN2O7S. The SMILES string of the molecule is CCOc1ccc(Br)cc1S(=O)(=O)Nc1ccc(C(=O)OCC(=O)N2C[C@@H](C)O[C@@H](C)C2)cc1. The van der Waals surface area contributed by atoms with E-state index in [2.05, 4.69) is 20.7 Å². The lowest BCUT2D eigenvalue weighted by molar-refractivity contribution is -0.146. The highest BCUT2D eigenvalue weighted by Gasteiger charge is 2.26. The Bertz CT molecular complexity index is 1130. The van der Waals surface area contributed by atoms with E-state index in [0.29, 0.717) is 24.2 Å². The van der Waals surface area contributed by atoms with Crippen molar-refractivity contribution in [1.29, 1.82) is 0 Å². The van der Waals surface area contributed by atoms with Crippen molar-refractivity contribution in [2.75, 3.05) is 31.0 Å². The second kappa shape index (κ2) is 11.2. The van der Waals surface area contributed by atoms with Crippen molar-refractivity contribution in [3.05, 3.63) is 52.5 Å². The Labute approximate surface area is 207 Å². The largest absolute Gasteiger partial charge is 0.492 e. The summed E-state index contributed by atoms with van der Waals surface area (Å²) in [4.78, 5) is 26.3. The van der Waals surface area contributed by atoms with Crippen molar-refractivity contribution >= 4 is 43.5 Å². The highest BCUT2D eigenvalue weighted by molar-refractivity contribution is 9.10. The molecule has 9 nitrogen and oxygen atoms in total. The Morgan fingerprint density at radius 3 is 2.38 bits per heavy atom. The molecular weight excluding hydrogens is 528 g/mol. The van der Waals surface area contributed by atoms with Gasteiger partial charge in [0.15, 0.2) is 6.61 Å². The predicted octanol–water partition coefficient (Wildman–Crippen LogP) is 3.44. The van der Waals surface area contributed by atoms with Gasteiger partial charge < -0.3 is 19.1 Å². The van der Waals surface area contributed by atoms with Crippen LogP contribution in [-0.2, 0) is 24.3 Å². The molecule has 1 aliphatic rings. The smallest absolute Gasteiger partial charge is 0.338 e. The van der Waals surface area contributed by atoms with Crippen molar-refractivity contribution in [2.24, 2.45) is 0 Å². The van der Waals surface area contributed by atoms with Gasteiger partial charge in [-0.25, -0.2) is 13.2 Å². The number of benzene rings is 2. The van der Waals surface area contributed by atoms with E-state index in [4.69, 9.17) is 14.2 Å². The lowest BCUT2D eigenvalue weighted by Gasteiger charge is -2.35. The van der Waals surface area contributed by atoms with Crippen LogP contribution in [0.15, 0.2) is 51.8 Å². The summed E-state index contributed by atoms with van der Waals surface area (Å²) in [5, 5.41) is 0. The first-order chi connectivity index (χ1) is 16.1. The van der Waals surface area contributed by atoms with Gasteiger partial charge in [-0.15, -0.1) is 0 Å². The molecule has 3 rings (SSSR count). The van der Waals surface area contributed by atoms with Crippen molar-refractivity contribution in [3.63, 3.8) is 0 Å². The minimum atomic E-state index is -3.95. The van der Waals surface area contributed by atoms with E-state index >= 15 is 0 Å². The fourth-order valence-electron chi connectivity index (χ4n) is 3.53. The van der Waals surface area contributed by atoms with Gasteiger partial charge in [-0.2, -0.15) is 0 Å². The molecule has 2 atom stereocenters. The number of hydrogen-bond donors (Lipinski definition) is 1. The lowest BCUT2D eigenvalue weighted by atomic mass is 10.2.